The van der Waals surface area contributed by atoms with Gasteiger partial charge in [-0.3, -0.25) is 0 Å². The van der Waals surface area contributed by atoms with Crippen molar-refractivity contribution in [2.45, 2.75) is 18.9 Å². The first kappa shape index (κ1) is 12.0. The molecule has 0 radical (unpaired) electrons. The van der Waals surface area contributed by atoms with Crippen LogP contribution in [-0.2, 0) is 6.42 Å². The van der Waals surface area contributed by atoms with E-state index in [4.69, 9.17) is 11.6 Å². The summed E-state index contributed by atoms with van der Waals surface area (Å²) >= 11 is 5.84. The third kappa shape index (κ3) is 4.32. The molecule has 15 heavy (non-hydrogen) atoms. The molecule has 1 N–H and O–H groups in total. The van der Waals surface area contributed by atoms with Crippen molar-refractivity contribution in [2.24, 2.45) is 0 Å². The molecule has 0 aliphatic rings. The first-order valence-corrected chi connectivity index (χ1v) is 5.32. The lowest BCUT2D eigenvalue weighted by Crippen LogP contribution is -2.07. The van der Waals surface area contributed by atoms with Crippen molar-refractivity contribution in [3.63, 3.8) is 0 Å². The first-order valence-electron chi connectivity index (χ1n) is 4.94. The number of allylic oxidation sites excluding steroid dienone is 2. The summed E-state index contributed by atoms with van der Waals surface area (Å²) in [4.78, 5) is 0. The number of benzene rings is 1. The molecule has 0 aromatic heterocycles. The fraction of sp³-hybridized carbons (Fsp3) is 0.231. The summed E-state index contributed by atoms with van der Waals surface area (Å²) in [5.74, 6) is 0. The number of hydrogen-bond donors (Lipinski definition) is 1. The van der Waals surface area contributed by atoms with Crippen molar-refractivity contribution in [3.05, 3.63) is 59.7 Å². The predicted octanol–water partition coefficient (Wildman–Crippen LogP) is 3.29. The fourth-order valence-corrected chi connectivity index (χ4v) is 1.51. The Morgan fingerprint density at radius 1 is 1.40 bits per heavy atom. The zero-order valence-corrected chi connectivity index (χ0v) is 9.32. The highest BCUT2D eigenvalue weighted by Gasteiger charge is 2.07. The summed E-state index contributed by atoms with van der Waals surface area (Å²) in [5, 5.41) is 10.1. The molecule has 0 aliphatic heterocycles. The van der Waals surface area contributed by atoms with Gasteiger partial charge in [0.15, 0.2) is 0 Å². The number of halogens is 1. The Kier molecular flexibility index (Phi) is 5.16. The summed E-state index contributed by atoms with van der Waals surface area (Å²) in [6.45, 7) is 3.53. The van der Waals surface area contributed by atoms with Gasteiger partial charge in [0.2, 0.25) is 0 Å². The molecular weight excluding hydrogens is 208 g/mol. The lowest BCUT2D eigenvalue weighted by molar-refractivity contribution is 0.208. The smallest absolute Gasteiger partial charge is 0.0898 e. The van der Waals surface area contributed by atoms with Gasteiger partial charge in [0, 0.05) is 5.03 Å². The lowest BCUT2D eigenvalue weighted by atomic mass is 10.1. The highest BCUT2D eigenvalue weighted by molar-refractivity contribution is 6.30. The van der Waals surface area contributed by atoms with Crippen LogP contribution >= 0.6 is 11.6 Å². The molecule has 1 aromatic rings. The van der Waals surface area contributed by atoms with Crippen molar-refractivity contribution in [1.29, 1.82) is 0 Å². The number of hydrogen-bond acceptors (Lipinski definition) is 1. The minimum atomic E-state index is -0.593. The van der Waals surface area contributed by atoms with Crippen LogP contribution in [0.15, 0.2) is 54.1 Å². The second-order valence-corrected chi connectivity index (χ2v) is 3.76. The Hall–Kier alpha value is -1.05. The van der Waals surface area contributed by atoms with Gasteiger partial charge < -0.3 is 5.11 Å². The molecule has 0 saturated heterocycles. The van der Waals surface area contributed by atoms with E-state index in [1.54, 1.807) is 12.2 Å². The van der Waals surface area contributed by atoms with Crippen LogP contribution in [-0.4, -0.2) is 11.2 Å². The van der Waals surface area contributed by atoms with E-state index < -0.39 is 6.10 Å². The number of aliphatic hydroxyl groups is 1. The molecule has 0 heterocycles. The summed E-state index contributed by atoms with van der Waals surface area (Å²) in [5.41, 5.74) is 1.21. The van der Waals surface area contributed by atoms with Gasteiger partial charge in [0.05, 0.1) is 6.10 Å². The van der Waals surface area contributed by atoms with Crippen molar-refractivity contribution < 1.29 is 5.11 Å². The minimum Gasteiger partial charge on any atom is -0.387 e. The Balaban J connectivity index is 2.44. The van der Waals surface area contributed by atoms with Gasteiger partial charge >= 0.3 is 0 Å². The lowest BCUT2D eigenvalue weighted by Gasteiger charge is -2.08. The molecule has 1 rings (SSSR count). The summed E-state index contributed by atoms with van der Waals surface area (Å²) < 4.78 is 0. The van der Waals surface area contributed by atoms with E-state index in [2.05, 4.69) is 6.58 Å². The maximum Gasteiger partial charge on any atom is 0.0898 e. The molecular formula is C13H15ClO. The number of aliphatic hydroxyl groups excluding tert-OH is 1. The van der Waals surface area contributed by atoms with E-state index in [0.29, 0.717) is 11.5 Å². The second kappa shape index (κ2) is 6.44. The maximum atomic E-state index is 9.66. The van der Waals surface area contributed by atoms with Crippen LogP contribution in [0.1, 0.15) is 12.0 Å². The highest BCUT2D eigenvalue weighted by Crippen LogP contribution is 2.14. The molecule has 0 amide bonds. The van der Waals surface area contributed by atoms with Gasteiger partial charge in [-0.1, -0.05) is 54.6 Å². The standard InChI is InChI=1S/C13H15ClO/c1-2-6-12(14)13(15)10-9-11-7-4-3-5-8-11/h2-8,13,15H,1,9-10H2/b12-6-. The summed E-state index contributed by atoms with van der Waals surface area (Å²) in [6, 6.07) is 10.0. The van der Waals surface area contributed by atoms with Gasteiger partial charge in [-0.25, -0.2) is 0 Å². The van der Waals surface area contributed by atoms with Gasteiger partial charge in [0.1, 0.15) is 0 Å². The van der Waals surface area contributed by atoms with Crippen LogP contribution in [0.25, 0.3) is 0 Å². The Morgan fingerprint density at radius 3 is 2.67 bits per heavy atom. The average Bonchev–Trinajstić information content (AvgIpc) is 2.27. The highest BCUT2D eigenvalue weighted by atomic mass is 35.5. The zero-order valence-electron chi connectivity index (χ0n) is 8.57. The third-order valence-electron chi connectivity index (χ3n) is 2.14. The van der Waals surface area contributed by atoms with Gasteiger partial charge in [-0.2, -0.15) is 0 Å². The van der Waals surface area contributed by atoms with E-state index in [9.17, 15) is 5.11 Å². The first-order chi connectivity index (χ1) is 7.24. The topological polar surface area (TPSA) is 20.2 Å². The van der Waals surface area contributed by atoms with E-state index in [1.807, 2.05) is 30.3 Å². The summed E-state index contributed by atoms with van der Waals surface area (Å²) in [6.07, 6.45) is 4.06. The quantitative estimate of drug-likeness (QED) is 0.758. The van der Waals surface area contributed by atoms with E-state index in [0.717, 1.165) is 6.42 Å². The molecule has 0 saturated carbocycles. The van der Waals surface area contributed by atoms with Crippen LogP contribution in [0.5, 0.6) is 0 Å². The van der Waals surface area contributed by atoms with Crippen molar-refractivity contribution in [2.75, 3.05) is 0 Å². The van der Waals surface area contributed by atoms with Gasteiger partial charge in [0.25, 0.3) is 0 Å². The van der Waals surface area contributed by atoms with Crippen molar-refractivity contribution in [1.82, 2.24) is 0 Å². The van der Waals surface area contributed by atoms with Crippen LogP contribution in [0.3, 0.4) is 0 Å². The molecule has 1 atom stereocenters. The van der Waals surface area contributed by atoms with E-state index >= 15 is 0 Å². The average molecular weight is 223 g/mol. The predicted molar refractivity (Wildman–Crippen MR) is 64.9 cm³/mol. The Bertz CT molecular complexity index is 330. The van der Waals surface area contributed by atoms with Crippen LogP contribution in [0.4, 0.5) is 0 Å². The molecule has 2 heteroatoms. The molecule has 1 unspecified atom stereocenters. The maximum absolute atomic E-state index is 9.66. The molecule has 80 valence electrons. The summed E-state index contributed by atoms with van der Waals surface area (Å²) in [7, 11) is 0. The van der Waals surface area contributed by atoms with Gasteiger partial charge in [-0.05, 0) is 24.5 Å². The molecule has 0 aliphatic carbocycles. The molecule has 1 nitrogen and oxygen atoms in total. The van der Waals surface area contributed by atoms with Crippen molar-refractivity contribution >= 4 is 11.6 Å². The van der Waals surface area contributed by atoms with Crippen LogP contribution < -0.4 is 0 Å². The monoisotopic (exact) mass is 222 g/mol. The number of aryl methyl sites for hydroxylation is 1. The SMILES string of the molecule is C=C/C=C(\Cl)C(O)CCc1ccccc1. The molecule has 1 aromatic carbocycles. The normalized spacial score (nSPS) is 13.6. The van der Waals surface area contributed by atoms with E-state index in [-0.39, 0.29) is 0 Å². The van der Waals surface area contributed by atoms with Crippen LogP contribution in [0, 0.1) is 0 Å². The largest absolute Gasteiger partial charge is 0.387 e. The Labute approximate surface area is 95.7 Å². The van der Waals surface area contributed by atoms with Gasteiger partial charge in [-0.15, -0.1) is 0 Å². The zero-order chi connectivity index (χ0) is 11.1. The number of rotatable bonds is 5. The fourth-order valence-electron chi connectivity index (χ4n) is 1.31. The minimum absolute atomic E-state index is 0.445. The van der Waals surface area contributed by atoms with Crippen LogP contribution in [0.2, 0.25) is 0 Å². The molecule has 0 spiro atoms. The molecule has 0 bridgehead atoms. The third-order valence-corrected chi connectivity index (χ3v) is 2.52. The van der Waals surface area contributed by atoms with E-state index in [1.165, 1.54) is 5.56 Å². The molecule has 0 fully saturated rings. The van der Waals surface area contributed by atoms with Crippen molar-refractivity contribution in [3.8, 4) is 0 Å². The Morgan fingerprint density at radius 2 is 2.07 bits per heavy atom. The second-order valence-electron chi connectivity index (χ2n) is 3.33.